The highest BCUT2D eigenvalue weighted by Crippen LogP contribution is 2.02. The second-order valence-electron chi connectivity index (χ2n) is 3.31. The van der Waals surface area contributed by atoms with E-state index in [0.29, 0.717) is 13.1 Å². The SMILES string of the molecule is c1cc(CN=NCc2ccncc2)ccn1. The molecule has 0 bridgehead atoms. The first-order valence-electron chi connectivity index (χ1n) is 5.06. The highest BCUT2D eigenvalue weighted by Gasteiger charge is 1.89. The average Bonchev–Trinajstić information content (AvgIpc) is 2.37. The van der Waals surface area contributed by atoms with Crippen LogP contribution in [0.3, 0.4) is 0 Å². The standard InChI is InChI=1S/C12H12N4/c1-5-13-6-2-11(1)9-15-16-10-12-3-7-14-8-4-12/h1-8H,9-10H2. The van der Waals surface area contributed by atoms with Gasteiger partial charge in [0.05, 0.1) is 13.1 Å². The third-order valence-electron chi connectivity index (χ3n) is 2.11. The third-order valence-corrected chi connectivity index (χ3v) is 2.11. The van der Waals surface area contributed by atoms with Gasteiger partial charge in [0.25, 0.3) is 0 Å². The van der Waals surface area contributed by atoms with Crippen LogP contribution in [0.2, 0.25) is 0 Å². The summed E-state index contributed by atoms with van der Waals surface area (Å²) in [6, 6.07) is 7.74. The molecule has 0 radical (unpaired) electrons. The Morgan fingerprint density at radius 2 is 1.06 bits per heavy atom. The zero-order chi connectivity index (χ0) is 11.1. The van der Waals surface area contributed by atoms with E-state index in [2.05, 4.69) is 20.2 Å². The van der Waals surface area contributed by atoms with Crippen LogP contribution in [-0.4, -0.2) is 9.97 Å². The van der Waals surface area contributed by atoms with E-state index in [9.17, 15) is 0 Å². The van der Waals surface area contributed by atoms with E-state index in [0.717, 1.165) is 11.1 Å². The van der Waals surface area contributed by atoms with Crippen LogP contribution < -0.4 is 0 Å². The molecule has 0 fully saturated rings. The van der Waals surface area contributed by atoms with Gasteiger partial charge in [0.2, 0.25) is 0 Å². The lowest BCUT2D eigenvalue weighted by Crippen LogP contribution is -1.82. The number of azo groups is 1. The molecule has 80 valence electrons. The molecule has 0 aliphatic carbocycles. The molecule has 2 aromatic heterocycles. The quantitative estimate of drug-likeness (QED) is 0.731. The van der Waals surface area contributed by atoms with Crippen LogP contribution in [0.25, 0.3) is 0 Å². The largest absolute Gasteiger partial charge is 0.265 e. The summed E-state index contributed by atoms with van der Waals surface area (Å²) in [5, 5.41) is 8.23. The maximum absolute atomic E-state index is 4.11. The van der Waals surface area contributed by atoms with Crippen molar-refractivity contribution in [3.8, 4) is 0 Å². The number of nitrogens with zero attached hydrogens (tertiary/aromatic N) is 4. The van der Waals surface area contributed by atoms with Gasteiger partial charge >= 0.3 is 0 Å². The van der Waals surface area contributed by atoms with Crippen molar-refractivity contribution < 1.29 is 0 Å². The molecule has 0 aliphatic heterocycles. The first-order chi connectivity index (χ1) is 7.95. The summed E-state index contributed by atoms with van der Waals surface area (Å²) in [6.45, 7) is 1.21. The van der Waals surface area contributed by atoms with Gasteiger partial charge in [-0.2, -0.15) is 10.2 Å². The molecule has 0 unspecified atom stereocenters. The van der Waals surface area contributed by atoms with Crippen LogP contribution in [0.4, 0.5) is 0 Å². The van der Waals surface area contributed by atoms with Gasteiger partial charge in [-0.3, -0.25) is 9.97 Å². The molecule has 0 aromatic carbocycles. The van der Waals surface area contributed by atoms with E-state index in [-0.39, 0.29) is 0 Å². The minimum absolute atomic E-state index is 0.605. The molecule has 16 heavy (non-hydrogen) atoms. The summed E-state index contributed by atoms with van der Waals surface area (Å²) >= 11 is 0. The number of aromatic nitrogens is 2. The van der Waals surface area contributed by atoms with Crippen molar-refractivity contribution in [2.45, 2.75) is 13.1 Å². The third kappa shape index (κ3) is 3.24. The molecule has 0 aliphatic rings. The van der Waals surface area contributed by atoms with Gasteiger partial charge < -0.3 is 0 Å². The van der Waals surface area contributed by atoms with Crippen LogP contribution in [0.15, 0.2) is 59.3 Å². The van der Waals surface area contributed by atoms with E-state index in [4.69, 9.17) is 0 Å². The predicted molar refractivity (Wildman–Crippen MR) is 60.7 cm³/mol. The molecule has 2 heterocycles. The van der Waals surface area contributed by atoms with Gasteiger partial charge in [-0.1, -0.05) is 0 Å². The second-order valence-corrected chi connectivity index (χ2v) is 3.31. The summed E-state index contributed by atoms with van der Waals surface area (Å²) in [7, 11) is 0. The highest BCUT2D eigenvalue weighted by atomic mass is 15.1. The maximum atomic E-state index is 4.11. The first kappa shape index (κ1) is 10.4. The summed E-state index contributed by atoms with van der Waals surface area (Å²) < 4.78 is 0. The van der Waals surface area contributed by atoms with E-state index in [1.54, 1.807) is 24.8 Å². The minimum atomic E-state index is 0.605. The van der Waals surface area contributed by atoms with Gasteiger partial charge in [-0.25, -0.2) is 0 Å². The van der Waals surface area contributed by atoms with Crippen LogP contribution in [0.5, 0.6) is 0 Å². The molecule has 0 N–H and O–H groups in total. The van der Waals surface area contributed by atoms with E-state index in [1.165, 1.54) is 0 Å². The van der Waals surface area contributed by atoms with E-state index in [1.807, 2.05) is 24.3 Å². The van der Waals surface area contributed by atoms with Gasteiger partial charge in [0.15, 0.2) is 0 Å². The molecule has 4 nitrogen and oxygen atoms in total. The minimum Gasteiger partial charge on any atom is -0.265 e. The summed E-state index contributed by atoms with van der Waals surface area (Å²) in [4.78, 5) is 7.88. The van der Waals surface area contributed by atoms with E-state index < -0.39 is 0 Å². The van der Waals surface area contributed by atoms with Crippen molar-refractivity contribution in [1.29, 1.82) is 0 Å². The molecular formula is C12H12N4. The lowest BCUT2D eigenvalue weighted by Gasteiger charge is -1.94. The predicted octanol–water partition coefficient (Wildman–Crippen LogP) is 2.63. The van der Waals surface area contributed by atoms with Crippen molar-refractivity contribution in [3.05, 3.63) is 60.2 Å². The topological polar surface area (TPSA) is 50.5 Å². The van der Waals surface area contributed by atoms with Crippen molar-refractivity contribution >= 4 is 0 Å². The Hall–Kier alpha value is -2.10. The number of pyridine rings is 2. The Kier molecular flexibility index (Phi) is 3.71. The summed E-state index contributed by atoms with van der Waals surface area (Å²) in [5.74, 6) is 0. The Morgan fingerprint density at radius 1 is 0.688 bits per heavy atom. The Morgan fingerprint density at radius 3 is 1.44 bits per heavy atom. The first-order valence-corrected chi connectivity index (χ1v) is 5.06. The number of hydrogen-bond acceptors (Lipinski definition) is 4. The molecule has 0 atom stereocenters. The van der Waals surface area contributed by atoms with Crippen LogP contribution in [0, 0.1) is 0 Å². The molecule has 2 aromatic rings. The van der Waals surface area contributed by atoms with Gasteiger partial charge in [0, 0.05) is 24.8 Å². The summed E-state index contributed by atoms with van der Waals surface area (Å²) in [5.41, 5.74) is 2.24. The lowest BCUT2D eigenvalue weighted by molar-refractivity contribution is 0.848. The van der Waals surface area contributed by atoms with Crippen molar-refractivity contribution in [1.82, 2.24) is 9.97 Å². The molecular weight excluding hydrogens is 200 g/mol. The van der Waals surface area contributed by atoms with Crippen LogP contribution >= 0.6 is 0 Å². The van der Waals surface area contributed by atoms with Gasteiger partial charge in [-0.15, -0.1) is 0 Å². The van der Waals surface area contributed by atoms with E-state index >= 15 is 0 Å². The fourth-order valence-electron chi connectivity index (χ4n) is 1.24. The van der Waals surface area contributed by atoms with Crippen molar-refractivity contribution in [2.75, 3.05) is 0 Å². The zero-order valence-corrected chi connectivity index (χ0v) is 8.82. The molecule has 0 saturated heterocycles. The Bertz CT molecular complexity index is 396. The maximum Gasteiger partial charge on any atom is 0.0850 e. The van der Waals surface area contributed by atoms with Crippen LogP contribution in [0.1, 0.15) is 11.1 Å². The highest BCUT2D eigenvalue weighted by molar-refractivity contribution is 5.10. The fraction of sp³-hybridized carbons (Fsp3) is 0.167. The molecule has 0 saturated carbocycles. The zero-order valence-electron chi connectivity index (χ0n) is 8.82. The van der Waals surface area contributed by atoms with Crippen LogP contribution in [-0.2, 0) is 13.1 Å². The number of hydrogen-bond donors (Lipinski definition) is 0. The average molecular weight is 212 g/mol. The smallest absolute Gasteiger partial charge is 0.0850 e. The Balaban J connectivity index is 1.83. The number of rotatable bonds is 4. The lowest BCUT2D eigenvalue weighted by atomic mass is 10.3. The summed E-state index contributed by atoms with van der Waals surface area (Å²) in [6.07, 6.45) is 7.03. The normalized spacial score (nSPS) is 10.8. The Labute approximate surface area is 94.1 Å². The van der Waals surface area contributed by atoms with Gasteiger partial charge in [0.1, 0.15) is 0 Å². The molecule has 0 spiro atoms. The monoisotopic (exact) mass is 212 g/mol. The molecule has 4 heteroatoms. The fourth-order valence-corrected chi connectivity index (χ4v) is 1.24. The van der Waals surface area contributed by atoms with Gasteiger partial charge in [-0.05, 0) is 35.4 Å². The van der Waals surface area contributed by atoms with Crippen molar-refractivity contribution in [2.24, 2.45) is 10.2 Å². The molecule has 2 rings (SSSR count). The molecule has 0 amide bonds. The van der Waals surface area contributed by atoms with Crippen molar-refractivity contribution in [3.63, 3.8) is 0 Å². The second kappa shape index (κ2) is 5.70.